The highest BCUT2D eigenvalue weighted by molar-refractivity contribution is 6.30. The third-order valence-corrected chi connectivity index (χ3v) is 4.35. The summed E-state index contributed by atoms with van der Waals surface area (Å²) in [5.74, 6) is 0.371. The van der Waals surface area contributed by atoms with Crippen molar-refractivity contribution in [2.45, 2.75) is 0 Å². The number of anilines is 2. The number of halogens is 1. The minimum absolute atomic E-state index is 0.390. The number of benzene rings is 2. The first-order valence-corrected chi connectivity index (χ1v) is 8.57. The van der Waals surface area contributed by atoms with Gasteiger partial charge in [-0.3, -0.25) is 9.38 Å². The Hall–Kier alpha value is -3.38. The van der Waals surface area contributed by atoms with Crippen LogP contribution in [-0.4, -0.2) is 27.4 Å². The lowest BCUT2D eigenvalue weighted by Gasteiger charge is -2.10. The van der Waals surface area contributed by atoms with Crippen LogP contribution < -0.4 is 5.32 Å². The summed E-state index contributed by atoms with van der Waals surface area (Å²) in [5.41, 5.74) is 3.57. The Labute approximate surface area is 160 Å². The van der Waals surface area contributed by atoms with Crippen LogP contribution in [0.4, 0.5) is 11.5 Å². The SMILES string of the molecule is COC(=O)c1cccc(Nc2c(-c3ccc(Cl)cc3)nc3cnccn23)c1. The lowest BCUT2D eigenvalue weighted by molar-refractivity contribution is 0.0601. The Morgan fingerprint density at radius 3 is 2.78 bits per heavy atom. The molecule has 6 nitrogen and oxygen atoms in total. The van der Waals surface area contributed by atoms with Crippen molar-refractivity contribution >= 4 is 34.7 Å². The van der Waals surface area contributed by atoms with E-state index in [9.17, 15) is 4.79 Å². The Morgan fingerprint density at radius 1 is 1.19 bits per heavy atom. The number of esters is 1. The Kier molecular flexibility index (Phi) is 4.48. The normalized spacial score (nSPS) is 10.7. The van der Waals surface area contributed by atoms with Crippen LogP contribution in [0.15, 0.2) is 67.1 Å². The fraction of sp³-hybridized carbons (Fsp3) is 0.0500. The number of ether oxygens (including phenoxy) is 1. The molecule has 134 valence electrons. The van der Waals surface area contributed by atoms with E-state index in [0.717, 1.165) is 22.8 Å². The van der Waals surface area contributed by atoms with E-state index in [1.165, 1.54) is 7.11 Å². The monoisotopic (exact) mass is 378 g/mol. The van der Waals surface area contributed by atoms with Gasteiger partial charge in [0.2, 0.25) is 0 Å². The lowest BCUT2D eigenvalue weighted by Crippen LogP contribution is -2.02. The highest BCUT2D eigenvalue weighted by atomic mass is 35.5. The molecule has 1 N–H and O–H groups in total. The first kappa shape index (κ1) is 17.1. The van der Waals surface area contributed by atoms with Gasteiger partial charge in [0.25, 0.3) is 0 Å². The summed E-state index contributed by atoms with van der Waals surface area (Å²) in [5, 5.41) is 4.02. The zero-order chi connectivity index (χ0) is 18.8. The number of imidazole rings is 1. The molecule has 0 radical (unpaired) electrons. The summed E-state index contributed by atoms with van der Waals surface area (Å²) in [4.78, 5) is 20.6. The third-order valence-electron chi connectivity index (χ3n) is 4.09. The van der Waals surface area contributed by atoms with Crippen LogP contribution in [0.1, 0.15) is 10.4 Å². The quantitative estimate of drug-likeness (QED) is 0.526. The molecule has 2 aromatic carbocycles. The number of fused-ring (bicyclic) bond motifs is 1. The van der Waals surface area contributed by atoms with Crippen molar-refractivity contribution in [2.24, 2.45) is 0 Å². The van der Waals surface area contributed by atoms with E-state index in [4.69, 9.17) is 16.3 Å². The molecular weight excluding hydrogens is 364 g/mol. The second-order valence-corrected chi connectivity index (χ2v) is 6.25. The molecular formula is C20H15ClN4O2. The van der Waals surface area contributed by atoms with Crippen LogP contribution in [0, 0.1) is 0 Å². The van der Waals surface area contributed by atoms with Crippen molar-refractivity contribution < 1.29 is 9.53 Å². The van der Waals surface area contributed by atoms with Gasteiger partial charge in [-0.1, -0.05) is 29.8 Å². The Bertz CT molecular complexity index is 1120. The molecule has 2 heterocycles. The predicted octanol–water partition coefficient (Wildman–Crippen LogP) is 4.58. The predicted molar refractivity (Wildman–Crippen MR) is 104 cm³/mol. The van der Waals surface area contributed by atoms with Crippen LogP contribution in [0.5, 0.6) is 0 Å². The molecule has 0 bridgehead atoms. The average molecular weight is 379 g/mol. The summed E-state index contributed by atoms with van der Waals surface area (Å²) in [7, 11) is 1.36. The smallest absolute Gasteiger partial charge is 0.337 e. The van der Waals surface area contributed by atoms with E-state index >= 15 is 0 Å². The number of carbonyl (C=O) groups excluding carboxylic acids is 1. The highest BCUT2D eigenvalue weighted by Gasteiger charge is 2.15. The molecule has 0 aliphatic rings. The maximum Gasteiger partial charge on any atom is 0.337 e. The van der Waals surface area contributed by atoms with Gasteiger partial charge in [-0.05, 0) is 30.3 Å². The van der Waals surface area contributed by atoms with E-state index in [1.54, 1.807) is 30.6 Å². The van der Waals surface area contributed by atoms with E-state index in [0.29, 0.717) is 16.2 Å². The number of rotatable bonds is 4. The summed E-state index contributed by atoms with van der Waals surface area (Å²) in [6.45, 7) is 0. The van der Waals surface area contributed by atoms with Crippen LogP contribution >= 0.6 is 11.6 Å². The van der Waals surface area contributed by atoms with E-state index in [-0.39, 0.29) is 5.97 Å². The number of hydrogen-bond acceptors (Lipinski definition) is 5. The molecule has 0 atom stereocenters. The van der Waals surface area contributed by atoms with Crippen molar-refractivity contribution in [1.29, 1.82) is 0 Å². The van der Waals surface area contributed by atoms with Crippen molar-refractivity contribution in [3.8, 4) is 11.3 Å². The van der Waals surface area contributed by atoms with E-state index in [2.05, 4.69) is 15.3 Å². The van der Waals surface area contributed by atoms with Gasteiger partial charge in [0.05, 0.1) is 18.9 Å². The van der Waals surface area contributed by atoms with Gasteiger partial charge in [0, 0.05) is 28.7 Å². The number of nitrogens with one attached hydrogen (secondary N) is 1. The standard InChI is InChI=1S/C20H15ClN4O2/c1-27-20(26)14-3-2-4-16(11-14)23-19-18(13-5-7-15(21)8-6-13)24-17-12-22-9-10-25(17)19/h2-12,23H,1H3. The highest BCUT2D eigenvalue weighted by Crippen LogP contribution is 2.31. The second-order valence-electron chi connectivity index (χ2n) is 5.82. The molecule has 4 aromatic rings. The fourth-order valence-electron chi connectivity index (χ4n) is 2.81. The first-order chi connectivity index (χ1) is 13.2. The molecule has 0 spiro atoms. The molecule has 7 heteroatoms. The molecule has 0 aliphatic heterocycles. The maximum absolute atomic E-state index is 11.8. The number of aromatic nitrogens is 3. The lowest BCUT2D eigenvalue weighted by atomic mass is 10.1. The van der Waals surface area contributed by atoms with Crippen LogP contribution in [0.25, 0.3) is 16.9 Å². The van der Waals surface area contributed by atoms with Gasteiger partial charge in [0.1, 0.15) is 11.5 Å². The second kappa shape index (κ2) is 7.09. The number of carbonyl (C=O) groups is 1. The molecule has 0 saturated heterocycles. The Morgan fingerprint density at radius 2 is 2.00 bits per heavy atom. The third kappa shape index (κ3) is 3.35. The molecule has 2 aromatic heterocycles. The zero-order valence-electron chi connectivity index (χ0n) is 14.4. The fourth-order valence-corrected chi connectivity index (χ4v) is 2.94. The molecule has 0 fully saturated rings. The van der Waals surface area contributed by atoms with Crippen molar-refractivity contribution in [3.63, 3.8) is 0 Å². The molecule has 0 saturated carbocycles. The molecule has 0 aliphatic carbocycles. The first-order valence-electron chi connectivity index (χ1n) is 8.19. The van der Waals surface area contributed by atoms with Crippen molar-refractivity contribution in [1.82, 2.24) is 14.4 Å². The number of hydrogen-bond donors (Lipinski definition) is 1. The average Bonchev–Trinajstić information content (AvgIpc) is 3.06. The zero-order valence-corrected chi connectivity index (χ0v) is 15.1. The minimum atomic E-state index is -0.390. The minimum Gasteiger partial charge on any atom is -0.465 e. The van der Waals surface area contributed by atoms with Gasteiger partial charge < -0.3 is 10.1 Å². The summed E-state index contributed by atoms with van der Waals surface area (Å²) in [6.07, 6.45) is 5.21. The molecule has 0 amide bonds. The molecule has 27 heavy (non-hydrogen) atoms. The summed E-state index contributed by atoms with van der Waals surface area (Å²) >= 11 is 6.01. The number of nitrogens with zero attached hydrogens (tertiary/aromatic N) is 3. The van der Waals surface area contributed by atoms with Crippen LogP contribution in [0.3, 0.4) is 0 Å². The van der Waals surface area contributed by atoms with Gasteiger partial charge in [-0.25, -0.2) is 9.78 Å². The summed E-state index contributed by atoms with van der Waals surface area (Å²) in [6, 6.07) is 14.6. The van der Waals surface area contributed by atoms with Crippen LogP contribution in [0.2, 0.25) is 5.02 Å². The molecule has 4 rings (SSSR count). The van der Waals surface area contributed by atoms with E-state index < -0.39 is 0 Å². The topological polar surface area (TPSA) is 68.5 Å². The van der Waals surface area contributed by atoms with Crippen LogP contribution in [-0.2, 0) is 4.74 Å². The Balaban J connectivity index is 1.82. The maximum atomic E-state index is 11.8. The van der Waals surface area contributed by atoms with Gasteiger partial charge in [0.15, 0.2) is 5.65 Å². The van der Waals surface area contributed by atoms with Gasteiger partial charge >= 0.3 is 5.97 Å². The van der Waals surface area contributed by atoms with Gasteiger partial charge in [-0.2, -0.15) is 0 Å². The van der Waals surface area contributed by atoms with E-state index in [1.807, 2.05) is 40.9 Å². The largest absolute Gasteiger partial charge is 0.465 e. The molecule has 0 unspecified atom stereocenters. The summed E-state index contributed by atoms with van der Waals surface area (Å²) < 4.78 is 6.70. The van der Waals surface area contributed by atoms with Crippen molar-refractivity contribution in [3.05, 3.63) is 77.7 Å². The van der Waals surface area contributed by atoms with Gasteiger partial charge in [-0.15, -0.1) is 0 Å². The van der Waals surface area contributed by atoms with Crippen molar-refractivity contribution in [2.75, 3.05) is 12.4 Å². The number of methoxy groups -OCH3 is 1.